The first-order chi connectivity index (χ1) is 11.1. The van der Waals surface area contributed by atoms with E-state index in [1.807, 2.05) is 6.92 Å². The third-order valence-electron chi connectivity index (χ3n) is 4.08. The number of anilines is 1. The molecule has 7 nitrogen and oxygen atoms in total. The Labute approximate surface area is 136 Å². The second kappa shape index (κ2) is 8.67. The molecule has 0 unspecified atom stereocenters. The summed E-state index contributed by atoms with van der Waals surface area (Å²) in [6.45, 7) is 5.46. The highest BCUT2D eigenvalue weighted by Crippen LogP contribution is 2.21. The maximum Gasteiger partial charge on any atom is 0.268 e. The third-order valence-corrected chi connectivity index (χ3v) is 4.08. The molecule has 2 rings (SSSR count). The zero-order chi connectivity index (χ0) is 16.7. The summed E-state index contributed by atoms with van der Waals surface area (Å²) in [4.78, 5) is 26.0. The van der Waals surface area contributed by atoms with Crippen LogP contribution in [0, 0.1) is 5.92 Å². The largest absolute Gasteiger partial charge is 0.382 e. The number of hydrogen-bond acceptors (Lipinski definition) is 5. The predicted octanol–water partition coefficient (Wildman–Crippen LogP) is 0.540. The van der Waals surface area contributed by atoms with E-state index in [4.69, 9.17) is 4.74 Å². The van der Waals surface area contributed by atoms with Crippen LogP contribution < -0.4 is 15.8 Å². The van der Waals surface area contributed by atoms with E-state index in [0.29, 0.717) is 26.3 Å². The summed E-state index contributed by atoms with van der Waals surface area (Å²) in [5, 5.41) is 7.03. The Bertz CT molecular complexity index is 573. The number of amides is 1. The molecular formula is C16H26N4O3. The summed E-state index contributed by atoms with van der Waals surface area (Å²) < 4.78 is 6.56. The number of carbonyl (C=O) groups excluding carboxylic acids is 1. The fourth-order valence-corrected chi connectivity index (χ4v) is 2.73. The summed E-state index contributed by atoms with van der Waals surface area (Å²) >= 11 is 0. The van der Waals surface area contributed by atoms with Crippen LogP contribution in [0.4, 0.5) is 5.69 Å². The zero-order valence-corrected chi connectivity index (χ0v) is 14.0. The zero-order valence-electron chi connectivity index (χ0n) is 14.0. The van der Waals surface area contributed by atoms with E-state index in [2.05, 4.69) is 15.3 Å². The number of ether oxygens (including phenoxy) is 1. The number of aromatic nitrogens is 2. The molecule has 1 aromatic rings. The van der Waals surface area contributed by atoms with Crippen molar-refractivity contribution in [3.8, 4) is 0 Å². The number of aryl methyl sites for hydroxylation is 1. The summed E-state index contributed by atoms with van der Waals surface area (Å²) in [5.74, 6) is 0.0443. The Morgan fingerprint density at radius 1 is 1.52 bits per heavy atom. The number of hydrogen-bond donors (Lipinski definition) is 1. The number of nitrogens with one attached hydrogen (secondary N) is 1. The van der Waals surface area contributed by atoms with Crippen molar-refractivity contribution in [2.75, 3.05) is 37.7 Å². The van der Waals surface area contributed by atoms with E-state index in [1.165, 1.54) is 4.68 Å². The summed E-state index contributed by atoms with van der Waals surface area (Å²) in [7, 11) is 1.63. The Hall–Kier alpha value is -1.89. The number of nitrogens with zero attached hydrogens (tertiary/aromatic N) is 3. The quantitative estimate of drug-likeness (QED) is 0.742. The van der Waals surface area contributed by atoms with Crippen LogP contribution in [0.2, 0.25) is 0 Å². The molecule has 1 N–H and O–H groups in total. The number of rotatable bonds is 7. The lowest BCUT2D eigenvalue weighted by Crippen LogP contribution is -2.43. The molecule has 1 amide bonds. The standard InChI is InChI=1S/C16H26N4O3/c1-3-23-9-5-7-17-16(22)13-6-4-8-20(12-13)14-10-15(21)19(2)18-11-14/h10-11,13H,3-9,12H2,1-2H3,(H,17,22)/t13-/m0/s1. The molecule has 7 heteroatoms. The van der Waals surface area contributed by atoms with Gasteiger partial charge in [-0.25, -0.2) is 4.68 Å². The monoisotopic (exact) mass is 322 g/mol. The predicted molar refractivity (Wildman–Crippen MR) is 88.5 cm³/mol. The topological polar surface area (TPSA) is 76.5 Å². The van der Waals surface area contributed by atoms with Crippen LogP contribution in [0.5, 0.6) is 0 Å². The molecule has 1 atom stereocenters. The van der Waals surface area contributed by atoms with Gasteiger partial charge in [-0.05, 0) is 26.2 Å². The minimum Gasteiger partial charge on any atom is -0.382 e. The molecule has 0 aromatic carbocycles. The second-order valence-electron chi connectivity index (χ2n) is 5.80. The van der Waals surface area contributed by atoms with Gasteiger partial charge in [-0.3, -0.25) is 9.59 Å². The Balaban J connectivity index is 1.86. The first kappa shape index (κ1) is 17.5. The lowest BCUT2D eigenvalue weighted by atomic mass is 9.97. The van der Waals surface area contributed by atoms with Gasteiger partial charge in [0.2, 0.25) is 5.91 Å². The second-order valence-corrected chi connectivity index (χ2v) is 5.80. The van der Waals surface area contributed by atoms with Gasteiger partial charge in [0, 0.05) is 46.0 Å². The van der Waals surface area contributed by atoms with Crippen LogP contribution in [0.25, 0.3) is 0 Å². The molecule has 0 spiro atoms. The summed E-state index contributed by atoms with van der Waals surface area (Å²) in [6.07, 6.45) is 4.33. The van der Waals surface area contributed by atoms with Gasteiger partial charge in [0.25, 0.3) is 5.56 Å². The van der Waals surface area contributed by atoms with Crippen molar-refractivity contribution in [2.24, 2.45) is 13.0 Å². The first-order valence-electron chi connectivity index (χ1n) is 8.25. The minimum absolute atomic E-state index is 0.0418. The van der Waals surface area contributed by atoms with Crippen LogP contribution in [0.1, 0.15) is 26.2 Å². The van der Waals surface area contributed by atoms with Gasteiger partial charge in [0.15, 0.2) is 0 Å². The van der Waals surface area contributed by atoms with Gasteiger partial charge in [0.05, 0.1) is 17.8 Å². The highest BCUT2D eigenvalue weighted by molar-refractivity contribution is 5.79. The highest BCUT2D eigenvalue weighted by Gasteiger charge is 2.26. The Morgan fingerprint density at radius 3 is 3.09 bits per heavy atom. The molecule has 0 radical (unpaired) electrons. The normalized spacial score (nSPS) is 18.0. The van der Waals surface area contributed by atoms with E-state index in [1.54, 1.807) is 19.3 Å². The van der Waals surface area contributed by atoms with Crippen molar-refractivity contribution < 1.29 is 9.53 Å². The van der Waals surface area contributed by atoms with Crippen LogP contribution in [-0.4, -0.2) is 48.5 Å². The lowest BCUT2D eigenvalue weighted by Gasteiger charge is -2.33. The summed E-state index contributed by atoms with van der Waals surface area (Å²) in [6, 6.07) is 1.58. The van der Waals surface area contributed by atoms with Gasteiger partial charge in [-0.1, -0.05) is 0 Å². The molecule has 1 aliphatic heterocycles. The molecule has 1 saturated heterocycles. The molecule has 128 valence electrons. The molecule has 0 aliphatic carbocycles. The fraction of sp³-hybridized carbons (Fsp3) is 0.688. The van der Waals surface area contributed by atoms with Crippen molar-refractivity contribution in [2.45, 2.75) is 26.2 Å². The molecule has 1 aromatic heterocycles. The Morgan fingerprint density at radius 2 is 2.35 bits per heavy atom. The smallest absolute Gasteiger partial charge is 0.268 e. The average molecular weight is 322 g/mol. The molecule has 23 heavy (non-hydrogen) atoms. The first-order valence-corrected chi connectivity index (χ1v) is 8.25. The van der Waals surface area contributed by atoms with Crippen LogP contribution in [0.3, 0.4) is 0 Å². The van der Waals surface area contributed by atoms with Crippen LogP contribution in [-0.2, 0) is 16.6 Å². The molecule has 1 fully saturated rings. The SMILES string of the molecule is CCOCCCNC(=O)[C@H]1CCCN(c2cnn(C)c(=O)c2)C1. The van der Waals surface area contributed by atoms with Crippen molar-refractivity contribution in [1.29, 1.82) is 0 Å². The maximum absolute atomic E-state index is 12.3. The van der Waals surface area contributed by atoms with Crippen LogP contribution >= 0.6 is 0 Å². The molecule has 2 heterocycles. The number of carbonyl (C=O) groups is 1. The average Bonchev–Trinajstić information content (AvgIpc) is 2.57. The number of piperidine rings is 1. The lowest BCUT2D eigenvalue weighted by molar-refractivity contribution is -0.125. The van der Waals surface area contributed by atoms with E-state index >= 15 is 0 Å². The molecule has 0 bridgehead atoms. The molecule has 0 saturated carbocycles. The third kappa shape index (κ3) is 5.06. The van der Waals surface area contributed by atoms with E-state index < -0.39 is 0 Å². The highest BCUT2D eigenvalue weighted by atomic mass is 16.5. The fourth-order valence-electron chi connectivity index (χ4n) is 2.73. The van der Waals surface area contributed by atoms with Gasteiger partial charge in [-0.2, -0.15) is 5.10 Å². The maximum atomic E-state index is 12.3. The van der Waals surface area contributed by atoms with Gasteiger partial charge in [-0.15, -0.1) is 0 Å². The van der Waals surface area contributed by atoms with E-state index in [-0.39, 0.29) is 17.4 Å². The Kier molecular flexibility index (Phi) is 6.58. The van der Waals surface area contributed by atoms with E-state index in [0.717, 1.165) is 31.5 Å². The van der Waals surface area contributed by atoms with Crippen LogP contribution in [0.15, 0.2) is 17.1 Å². The van der Waals surface area contributed by atoms with Gasteiger partial charge < -0.3 is 15.0 Å². The van der Waals surface area contributed by atoms with Crippen molar-refractivity contribution >= 4 is 11.6 Å². The van der Waals surface area contributed by atoms with Gasteiger partial charge >= 0.3 is 0 Å². The van der Waals surface area contributed by atoms with Gasteiger partial charge in [0.1, 0.15) is 0 Å². The van der Waals surface area contributed by atoms with Crippen molar-refractivity contribution in [3.63, 3.8) is 0 Å². The summed E-state index contributed by atoms with van der Waals surface area (Å²) in [5.41, 5.74) is 0.659. The van der Waals surface area contributed by atoms with Crippen molar-refractivity contribution in [1.82, 2.24) is 15.1 Å². The molecular weight excluding hydrogens is 296 g/mol. The minimum atomic E-state index is -0.134. The van der Waals surface area contributed by atoms with Crippen molar-refractivity contribution in [3.05, 3.63) is 22.6 Å². The van der Waals surface area contributed by atoms with E-state index in [9.17, 15) is 9.59 Å². The molecule has 1 aliphatic rings.